The molecule has 0 aliphatic rings. The van der Waals surface area contributed by atoms with E-state index in [0.29, 0.717) is 36.8 Å². The number of amides is 1. The van der Waals surface area contributed by atoms with Crippen LogP contribution in [-0.4, -0.2) is 33.9 Å². The fourth-order valence-corrected chi connectivity index (χ4v) is 3.53. The quantitative estimate of drug-likeness (QED) is 0.361. The van der Waals surface area contributed by atoms with Gasteiger partial charge in [-0.3, -0.25) is 9.78 Å². The van der Waals surface area contributed by atoms with Gasteiger partial charge in [-0.25, -0.2) is 4.68 Å². The Morgan fingerprint density at radius 3 is 2.50 bits per heavy atom. The van der Waals surface area contributed by atoms with Crippen molar-refractivity contribution in [3.8, 4) is 28.4 Å². The normalized spacial score (nSPS) is 10.6. The molecule has 2 aromatic heterocycles. The van der Waals surface area contributed by atoms with Crippen molar-refractivity contribution in [1.82, 2.24) is 20.1 Å². The van der Waals surface area contributed by atoms with Crippen molar-refractivity contribution in [2.45, 2.75) is 26.8 Å². The second kappa shape index (κ2) is 11.1. The summed E-state index contributed by atoms with van der Waals surface area (Å²) < 4.78 is 13.3. The molecular weight excluding hydrogens is 428 g/mol. The van der Waals surface area contributed by atoms with E-state index in [-0.39, 0.29) is 5.91 Å². The van der Waals surface area contributed by atoms with Crippen LogP contribution >= 0.6 is 0 Å². The maximum Gasteiger partial charge on any atom is 0.251 e. The molecule has 4 aromatic rings. The Labute approximate surface area is 199 Å². The largest absolute Gasteiger partial charge is 0.490 e. The van der Waals surface area contributed by atoms with E-state index in [4.69, 9.17) is 14.6 Å². The van der Waals surface area contributed by atoms with Crippen LogP contribution in [0.25, 0.3) is 16.9 Å². The molecule has 0 fully saturated rings. The van der Waals surface area contributed by atoms with Gasteiger partial charge in [-0.05, 0) is 55.8 Å². The highest BCUT2D eigenvalue weighted by atomic mass is 16.5. The average Bonchev–Trinajstić information content (AvgIpc) is 3.32. The predicted octanol–water partition coefficient (Wildman–Crippen LogP) is 5.05. The minimum atomic E-state index is -0.198. The van der Waals surface area contributed by atoms with Crippen LogP contribution in [0, 0.1) is 0 Å². The summed E-state index contributed by atoms with van der Waals surface area (Å²) in [5.74, 6) is 1.01. The lowest BCUT2D eigenvalue weighted by molar-refractivity contribution is 0.0950. The van der Waals surface area contributed by atoms with Crippen molar-refractivity contribution >= 4 is 5.91 Å². The van der Waals surface area contributed by atoms with Crippen LogP contribution in [0.5, 0.6) is 11.5 Å². The zero-order valence-electron chi connectivity index (χ0n) is 19.4. The Morgan fingerprint density at radius 1 is 0.971 bits per heavy atom. The lowest BCUT2D eigenvalue weighted by Crippen LogP contribution is -2.23. The first-order chi connectivity index (χ1) is 16.7. The highest BCUT2D eigenvalue weighted by molar-refractivity contribution is 5.95. The van der Waals surface area contributed by atoms with Gasteiger partial charge < -0.3 is 14.8 Å². The van der Waals surface area contributed by atoms with Crippen molar-refractivity contribution < 1.29 is 14.3 Å². The number of pyridine rings is 1. The minimum Gasteiger partial charge on any atom is -0.490 e. The van der Waals surface area contributed by atoms with Gasteiger partial charge in [0.2, 0.25) is 0 Å². The minimum absolute atomic E-state index is 0.198. The number of rotatable bonds is 10. The molecule has 0 radical (unpaired) electrons. The van der Waals surface area contributed by atoms with Gasteiger partial charge in [0.1, 0.15) is 0 Å². The summed E-state index contributed by atoms with van der Waals surface area (Å²) in [6.07, 6.45) is 6.30. The molecular formula is C27H28N4O3. The molecule has 0 atom stereocenters. The highest BCUT2D eigenvalue weighted by Crippen LogP contribution is 2.29. The molecule has 0 saturated carbocycles. The van der Waals surface area contributed by atoms with Crippen molar-refractivity contribution in [2.75, 3.05) is 13.2 Å². The van der Waals surface area contributed by atoms with Gasteiger partial charge in [0, 0.05) is 41.8 Å². The first-order valence-corrected chi connectivity index (χ1v) is 11.4. The van der Waals surface area contributed by atoms with Gasteiger partial charge in [0.05, 0.1) is 24.6 Å². The summed E-state index contributed by atoms with van der Waals surface area (Å²) >= 11 is 0. The first kappa shape index (κ1) is 23.0. The average molecular weight is 457 g/mol. The van der Waals surface area contributed by atoms with Crippen LogP contribution in [0.1, 0.15) is 36.2 Å². The highest BCUT2D eigenvalue weighted by Gasteiger charge is 2.15. The van der Waals surface area contributed by atoms with Gasteiger partial charge in [-0.2, -0.15) is 5.10 Å². The van der Waals surface area contributed by atoms with E-state index in [2.05, 4.69) is 10.3 Å². The SMILES string of the molecule is CCCOc1ccc(C(=O)NCc2cn(-c3ccccc3)nc2-c2ccncc2)cc1OCC. The summed E-state index contributed by atoms with van der Waals surface area (Å²) in [4.78, 5) is 17.1. The number of nitrogens with zero attached hydrogens (tertiary/aromatic N) is 3. The van der Waals surface area contributed by atoms with Crippen molar-refractivity contribution in [3.05, 3.63) is 90.4 Å². The van der Waals surface area contributed by atoms with E-state index in [9.17, 15) is 4.79 Å². The molecule has 2 aromatic carbocycles. The molecule has 0 aliphatic heterocycles. The van der Waals surface area contributed by atoms with Gasteiger partial charge in [-0.1, -0.05) is 25.1 Å². The number of aromatic nitrogens is 3. The third kappa shape index (κ3) is 5.43. The van der Waals surface area contributed by atoms with Crippen molar-refractivity contribution in [3.63, 3.8) is 0 Å². The Kier molecular flexibility index (Phi) is 7.55. The fraction of sp³-hybridized carbons (Fsp3) is 0.222. The van der Waals surface area contributed by atoms with Crippen LogP contribution < -0.4 is 14.8 Å². The fourth-order valence-electron chi connectivity index (χ4n) is 3.53. The molecule has 4 rings (SSSR count). The summed E-state index contributed by atoms with van der Waals surface area (Å²) in [7, 11) is 0. The molecule has 0 spiro atoms. The van der Waals surface area contributed by atoms with E-state index in [1.54, 1.807) is 30.6 Å². The Balaban J connectivity index is 1.56. The third-order valence-electron chi connectivity index (χ3n) is 5.17. The Morgan fingerprint density at radius 2 is 1.76 bits per heavy atom. The van der Waals surface area contributed by atoms with E-state index < -0.39 is 0 Å². The van der Waals surface area contributed by atoms with Gasteiger partial charge >= 0.3 is 0 Å². The van der Waals surface area contributed by atoms with Crippen LogP contribution in [0.4, 0.5) is 0 Å². The number of hydrogen-bond donors (Lipinski definition) is 1. The topological polar surface area (TPSA) is 78.3 Å². The molecule has 34 heavy (non-hydrogen) atoms. The lowest BCUT2D eigenvalue weighted by Gasteiger charge is -2.13. The van der Waals surface area contributed by atoms with Gasteiger partial charge in [0.25, 0.3) is 5.91 Å². The number of nitrogens with one attached hydrogen (secondary N) is 1. The number of carbonyl (C=O) groups is 1. The zero-order valence-corrected chi connectivity index (χ0v) is 19.4. The Hall–Kier alpha value is -4.13. The maximum absolute atomic E-state index is 13.0. The number of ether oxygens (including phenoxy) is 2. The molecule has 7 nitrogen and oxygen atoms in total. The van der Waals surface area contributed by atoms with E-state index in [0.717, 1.165) is 28.9 Å². The molecule has 0 unspecified atom stereocenters. The Bertz CT molecular complexity index is 1220. The standard InChI is InChI=1S/C27H28N4O3/c1-3-16-34-24-11-10-21(17-25(24)33-4-2)27(32)29-18-22-19-31(23-8-6-5-7-9-23)30-26(22)20-12-14-28-15-13-20/h5-15,17,19H,3-4,16,18H2,1-2H3,(H,29,32). The molecule has 0 aliphatic carbocycles. The zero-order chi connectivity index (χ0) is 23.8. The van der Waals surface area contributed by atoms with E-state index >= 15 is 0 Å². The van der Waals surface area contributed by atoms with Gasteiger partial charge in [0.15, 0.2) is 11.5 Å². The second-order valence-corrected chi connectivity index (χ2v) is 7.64. The lowest BCUT2D eigenvalue weighted by atomic mass is 10.1. The third-order valence-corrected chi connectivity index (χ3v) is 5.17. The molecule has 0 saturated heterocycles. The summed E-state index contributed by atoms with van der Waals surface area (Å²) in [5.41, 5.74) is 4.08. The second-order valence-electron chi connectivity index (χ2n) is 7.64. The summed E-state index contributed by atoms with van der Waals surface area (Å²) in [5, 5.41) is 7.80. The van der Waals surface area contributed by atoms with Crippen LogP contribution in [0.3, 0.4) is 0 Å². The van der Waals surface area contributed by atoms with E-state index in [1.807, 2.05) is 67.2 Å². The molecule has 7 heteroatoms. The summed E-state index contributed by atoms with van der Waals surface area (Å²) in [6.45, 7) is 5.35. The molecule has 2 heterocycles. The molecule has 0 bridgehead atoms. The predicted molar refractivity (Wildman–Crippen MR) is 131 cm³/mol. The smallest absolute Gasteiger partial charge is 0.251 e. The molecule has 1 amide bonds. The maximum atomic E-state index is 13.0. The monoisotopic (exact) mass is 456 g/mol. The van der Waals surface area contributed by atoms with E-state index in [1.165, 1.54) is 0 Å². The van der Waals surface area contributed by atoms with Crippen LogP contribution in [0.15, 0.2) is 79.3 Å². The number of benzene rings is 2. The number of hydrogen-bond acceptors (Lipinski definition) is 5. The number of para-hydroxylation sites is 1. The first-order valence-electron chi connectivity index (χ1n) is 11.4. The summed E-state index contributed by atoms with van der Waals surface area (Å²) in [6, 6.07) is 19.0. The van der Waals surface area contributed by atoms with Crippen LogP contribution in [-0.2, 0) is 6.54 Å². The molecule has 1 N–H and O–H groups in total. The molecule has 174 valence electrons. The van der Waals surface area contributed by atoms with Crippen molar-refractivity contribution in [2.24, 2.45) is 0 Å². The number of carbonyl (C=O) groups excluding carboxylic acids is 1. The van der Waals surface area contributed by atoms with Crippen LogP contribution in [0.2, 0.25) is 0 Å². The van der Waals surface area contributed by atoms with Gasteiger partial charge in [-0.15, -0.1) is 0 Å². The van der Waals surface area contributed by atoms with Crippen molar-refractivity contribution in [1.29, 1.82) is 0 Å².